The molecule has 102 valence electrons. The highest BCUT2D eigenvalue weighted by Gasteiger charge is 2.15. The molecular weight excluding hydrogens is 323 g/mol. The topological polar surface area (TPSA) is 38.9 Å². The minimum absolute atomic E-state index is 0.324. The fourth-order valence-electron chi connectivity index (χ4n) is 1.83. The van der Waals surface area contributed by atoms with Gasteiger partial charge in [0.2, 0.25) is 0 Å². The van der Waals surface area contributed by atoms with Crippen LogP contribution in [0, 0.1) is 0 Å². The van der Waals surface area contributed by atoms with Gasteiger partial charge in [-0.25, -0.2) is 4.98 Å². The molecule has 0 fully saturated rings. The number of nitrogen functional groups attached to an aromatic ring is 1. The summed E-state index contributed by atoms with van der Waals surface area (Å²) in [7, 11) is 0. The maximum absolute atomic E-state index is 6.20. The van der Waals surface area contributed by atoms with Crippen molar-refractivity contribution in [3.05, 3.63) is 43.3 Å². The van der Waals surface area contributed by atoms with Gasteiger partial charge in [-0.2, -0.15) is 0 Å². The maximum Gasteiger partial charge on any atom is 0.180 e. The van der Waals surface area contributed by atoms with Crippen LogP contribution in [0.5, 0.6) is 0 Å². The summed E-state index contributed by atoms with van der Waals surface area (Å²) >= 11 is 19.6. The summed E-state index contributed by atoms with van der Waals surface area (Å²) in [6, 6.07) is 3.46. The largest absolute Gasteiger partial charge is 0.375 e. The lowest BCUT2D eigenvalue weighted by Crippen LogP contribution is -1.96. The van der Waals surface area contributed by atoms with Crippen molar-refractivity contribution in [1.29, 1.82) is 0 Å². The molecule has 1 aromatic carbocycles. The Bertz CT molecular complexity index is 608. The number of aromatic nitrogens is 1. The van der Waals surface area contributed by atoms with Gasteiger partial charge >= 0.3 is 0 Å². The molecule has 0 atom stereocenters. The van der Waals surface area contributed by atoms with Crippen LogP contribution in [0.2, 0.25) is 15.1 Å². The Balaban J connectivity index is 2.39. The minimum atomic E-state index is 0.324. The number of nitrogens with zero attached hydrogens (tertiary/aromatic N) is 1. The van der Waals surface area contributed by atoms with E-state index in [9.17, 15) is 0 Å². The zero-order valence-electron chi connectivity index (χ0n) is 10.5. The highest BCUT2D eigenvalue weighted by Crippen LogP contribution is 2.34. The third-order valence-electron chi connectivity index (χ3n) is 2.73. The second-order valence-corrected chi connectivity index (χ2v) is 6.89. The number of thiazole rings is 1. The van der Waals surface area contributed by atoms with Crippen LogP contribution in [0.15, 0.2) is 12.1 Å². The number of halogens is 3. The van der Waals surface area contributed by atoms with Crippen molar-refractivity contribution in [3.63, 3.8) is 0 Å². The van der Waals surface area contributed by atoms with Crippen LogP contribution in [-0.4, -0.2) is 4.98 Å². The lowest BCUT2D eigenvalue weighted by atomic mass is 10.0. The number of hydrogen-bond acceptors (Lipinski definition) is 3. The molecule has 0 unspecified atom stereocenters. The van der Waals surface area contributed by atoms with Crippen molar-refractivity contribution in [2.24, 2.45) is 0 Å². The Hall–Kier alpha value is -0.480. The molecule has 19 heavy (non-hydrogen) atoms. The fraction of sp³-hybridized carbons (Fsp3) is 0.308. The number of benzene rings is 1. The van der Waals surface area contributed by atoms with Crippen molar-refractivity contribution in [2.45, 2.75) is 26.2 Å². The Labute approximate surface area is 131 Å². The van der Waals surface area contributed by atoms with E-state index in [1.807, 2.05) is 0 Å². The van der Waals surface area contributed by atoms with Crippen molar-refractivity contribution >= 4 is 51.3 Å². The molecule has 2 aromatic rings. The van der Waals surface area contributed by atoms with E-state index in [1.54, 1.807) is 12.1 Å². The third kappa shape index (κ3) is 3.34. The molecule has 0 aliphatic rings. The van der Waals surface area contributed by atoms with Crippen LogP contribution in [0.25, 0.3) is 0 Å². The second kappa shape index (κ2) is 5.88. The standard InChI is InChI=1S/C13H13Cl3N2S/c1-6(2)12-11(19-13(17)18-12)4-7-3-9(15)10(16)5-8(7)14/h3,5-6H,4H2,1-2H3,(H2,17,18). The van der Waals surface area contributed by atoms with E-state index in [-0.39, 0.29) is 0 Å². The molecule has 0 radical (unpaired) electrons. The molecule has 0 spiro atoms. The smallest absolute Gasteiger partial charge is 0.180 e. The molecule has 0 saturated carbocycles. The van der Waals surface area contributed by atoms with Crippen LogP contribution in [0.1, 0.15) is 35.9 Å². The number of nitrogens with two attached hydrogens (primary N) is 1. The first-order valence-electron chi connectivity index (χ1n) is 5.77. The number of hydrogen-bond donors (Lipinski definition) is 1. The van der Waals surface area contributed by atoms with Crippen LogP contribution in [0.3, 0.4) is 0 Å². The molecule has 0 aliphatic heterocycles. The van der Waals surface area contributed by atoms with E-state index in [0.29, 0.717) is 32.5 Å². The van der Waals surface area contributed by atoms with Crippen LogP contribution >= 0.6 is 46.1 Å². The summed E-state index contributed by atoms with van der Waals surface area (Å²) in [5, 5.41) is 2.15. The Morgan fingerprint density at radius 1 is 1.16 bits per heavy atom. The van der Waals surface area contributed by atoms with Gasteiger partial charge in [0.25, 0.3) is 0 Å². The van der Waals surface area contributed by atoms with Gasteiger partial charge in [0.05, 0.1) is 15.7 Å². The summed E-state index contributed by atoms with van der Waals surface area (Å²) < 4.78 is 0. The fourth-order valence-corrected chi connectivity index (χ4v) is 3.48. The first-order valence-corrected chi connectivity index (χ1v) is 7.72. The van der Waals surface area contributed by atoms with Gasteiger partial charge in [-0.05, 0) is 23.6 Å². The normalized spacial score (nSPS) is 11.3. The van der Waals surface area contributed by atoms with Gasteiger partial charge in [0, 0.05) is 16.3 Å². The molecule has 0 aliphatic carbocycles. The quantitative estimate of drug-likeness (QED) is 0.763. The number of rotatable bonds is 3. The van der Waals surface area contributed by atoms with Crippen molar-refractivity contribution in [3.8, 4) is 0 Å². The molecule has 1 aromatic heterocycles. The van der Waals surface area contributed by atoms with E-state index in [2.05, 4.69) is 18.8 Å². The molecule has 0 saturated heterocycles. The Morgan fingerprint density at radius 2 is 1.79 bits per heavy atom. The van der Waals surface area contributed by atoms with Gasteiger partial charge in [0.15, 0.2) is 5.13 Å². The molecular formula is C13H13Cl3N2S. The SMILES string of the molecule is CC(C)c1nc(N)sc1Cc1cc(Cl)c(Cl)cc1Cl. The predicted octanol–water partition coefficient (Wildman–Crippen LogP) is 5.40. The minimum Gasteiger partial charge on any atom is -0.375 e. The second-order valence-electron chi connectivity index (χ2n) is 4.55. The van der Waals surface area contributed by atoms with E-state index in [0.717, 1.165) is 16.1 Å². The summed E-state index contributed by atoms with van der Waals surface area (Å²) in [4.78, 5) is 5.49. The molecule has 2 nitrogen and oxygen atoms in total. The van der Waals surface area contributed by atoms with Crippen LogP contribution < -0.4 is 5.73 Å². The lowest BCUT2D eigenvalue weighted by molar-refractivity contribution is 0.820. The van der Waals surface area contributed by atoms with E-state index in [1.165, 1.54) is 11.3 Å². The molecule has 0 bridgehead atoms. The highest BCUT2D eigenvalue weighted by molar-refractivity contribution is 7.15. The van der Waals surface area contributed by atoms with Crippen molar-refractivity contribution < 1.29 is 0 Å². The van der Waals surface area contributed by atoms with Crippen molar-refractivity contribution in [1.82, 2.24) is 4.98 Å². The van der Waals surface area contributed by atoms with Gasteiger partial charge in [-0.15, -0.1) is 11.3 Å². The van der Waals surface area contributed by atoms with Crippen LogP contribution in [0.4, 0.5) is 5.13 Å². The Kier molecular flexibility index (Phi) is 4.62. The predicted molar refractivity (Wildman–Crippen MR) is 84.9 cm³/mol. The van der Waals surface area contributed by atoms with Gasteiger partial charge in [-0.3, -0.25) is 0 Å². The van der Waals surface area contributed by atoms with Gasteiger partial charge in [-0.1, -0.05) is 48.7 Å². The molecule has 2 N–H and O–H groups in total. The van der Waals surface area contributed by atoms with E-state index >= 15 is 0 Å². The zero-order valence-corrected chi connectivity index (χ0v) is 13.6. The number of anilines is 1. The molecule has 1 heterocycles. The zero-order chi connectivity index (χ0) is 14.2. The average molecular weight is 336 g/mol. The summed E-state index contributed by atoms with van der Waals surface area (Å²) in [5.41, 5.74) is 7.74. The van der Waals surface area contributed by atoms with E-state index < -0.39 is 0 Å². The van der Waals surface area contributed by atoms with Crippen LogP contribution in [-0.2, 0) is 6.42 Å². The van der Waals surface area contributed by atoms with Crippen molar-refractivity contribution in [2.75, 3.05) is 5.73 Å². The molecule has 0 amide bonds. The monoisotopic (exact) mass is 334 g/mol. The van der Waals surface area contributed by atoms with Gasteiger partial charge < -0.3 is 5.73 Å². The summed E-state index contributed by atoms with van der Waals surface area (Å²) in [6.07, 6.45) is 0.665. The summed E-state index contributed by atoms with van der Waals surface area (Å²) in [6.45, 7) is 4.18. The lowest BCUT2D eigenvalue weighted by Gasteiger charge is -2.08. The average Bonchev–Trinajstić information content (AvgIpc) is 2.67. The highest BCUT2D eigenvalue weighted by atomic mass is 35.5. The van der Waals surface area contributed by atoms with Gasteiger partial charge in [0.1, 0.15) is 0 Å². The molecule has 2 rings (SSSR count). The molecule has 6 heteroatoms. The first-order chi connectivity index (χ1) is 8.88. The van der Waals surface area contributed by atoms with E-state index in [4.69, 9.17) is 40.5 Å². The summed E-state index contributed by atoms with van der Waals surface area (Å²) in [5.74, 6) is 0.324. The third-order valence-corrected chi connectivity index (χ3v) is 4.71. The Morgan fingerprint density at radius 3 is 2.42 bits per heavy atom. The maximum atomic E-state index is 6.20. The first kappa shape index (κ1) is 14.9.